The zero-order valence-corrected chi connectivity index (χ0v) is 14.3. The number of nitrogens with one attached hydrogen (secondary N) is 1. The van der Waals surface area contributed by atoms with Gasteiger partial charge in [0.05, 0.1) is 51.3 Å². The molecule has 8 heteroatoms. The van der Waals surface area contributed by atoms with Gasteiger partial charge in [0.2, 0.25) is 17.7 Å². The van der Waals surface area contributed by atoms with Crippen LogP contribution < -0.4 is 14.8 Å². The second kappa shape index (κ2) is 8.59. The summed E-state index contributed by atoms with van der Waals surface area (Å²) in [5, 5.41) is 3.26. The van der Waals surface area contributed by atoms with Crippen LogP contribution in [0.4, 0.5) is 5.95 Å². The first kappa shape index (κ1) is 17.4. The van der Waals surface area contributed by atoms with Crippen LogP contribution in [0, 0.1) is 0 Å². The van der Waals surface area contributed by atoms with E-state index in [1.807, 2.05) is 18.2 Å². The number of ether oxygens (including phenoxy) is 4. The molecular formula is C17H22N4O4. The highest BCUT2D eigenvalue weighted by molar-refractivity contribution is 5.35. The van der Waals surface area contributed by atoms with E-state index in [-0.39, 0.29) is 12.1 Å². The third kappa shape index (κ3) is 4.77. The predicted molar refractivity (Wildman–Crippen MR) is 90.8 cm³/mol. The van der Waals surface area contributed by atoms with Gasteiger partial charge in [0, 0.05) is 12.8 Å². The lowest BCUT2D eigenvalue weighted by atomic mass is 10.1. The van der Waals surface area contributed by atoms with Crippen molar-refractivity contribution in [3.05, 3.63) is 36.2 Å². The van der Waals surface area contributed by atoms with E-state index >= 15 is 0 Å². The van der Waals surface area contributed by atoms with Gasteiger partial charge in [-0.1, -0.05) is 6.07 Å². The SMILES string of the molecule is COc1cc(OC)nc(N[C@@H]2COCC[C@H]2OCc2ccccn2)n1. The molecule has 8 nitrogen and oxygen atoms in total. The summed E-state index contributed by atoms with van der Waals surface area (Å²) in [5.74, 6) is 1.27. The molecule has 1 N–H and O–H groups in total. The molecule has 25 heavy (non-hydrogen) atoms. The highest BCUT2D eigenvalue weighted by atomic mass is 16.5. The van der Waals surface area contributed by atoms with Gasteiger partial charge in [-0.15, -0.1) is 0 Å². The largest absolute Gasteiger partial charge is 0.481 e. The maximum Gasteiger partial charge on any atom is 0.229 e. The van der Waals surface area contributed by atoms with Gasteiger partial charge < -0.3 is 24.3 Å². The molecule has 3 heterocycles. The molecule has 0 spiro atoms. The molecule has 0 amide bonds. The van der Waals surface area contributed by atoms with Crippen molar-refractivity contribution in [1.82, 2.24) is 15.0 Å². The van der Waals surface area contributed by atoms with Crippen LogP contribution in [0.2, 0.25) is 0 Å². The minimum atomic E-state index is -0.0747. The molecule has 3 rings (SSSR count). The number of hydrogen-bond donors (Lipinski definition) is 1. The maximum atomic E-state index is 6.04. The number of nitrogens with zero attached hydrogens (tertiary/aromatic N) is 3. The highest BCUT2D eigenvalue weighted by Gasteiger charge is 2.27. The fourth-order valence-electron chi connectivity index (χ4n) is 2.57. The zero-order chi connectivity index (χ0) is 17.5. The van der Waals surface area contributed by atoms with Crippen molar-refractivity contribution in [3.8, 4) is 11.8 Å². The molecule has 1 saturated heterocycles. The Labute approximate surface area is 146 Å². The molecule has 0 bridgehead atoms. The highest BCUT2D eigenvalue weighted by Crippen LogP contribution is 2.21. The van der Waals surface area contributed by atoms with Gasteiger partial charge in [-0.2, -0.15) is 9.97 Å². The van der Waals surface area contributed by atoms with E-state index in [1.54, 1.807) is 26.5 Å². The van der Waals surface area contributed by atoms with E-state index in [9.17, 15) is 0 Å². The first-order valence-corrected chi connectivity index (χ1v) is 8.11. The van der Waals surface area contributed by atoms with Gasteiger partial charge >= 0.3 is 0 Å². The number of pyridine rings is 1. The van der Waals surface area contributed by atoms with Crippen molar-refractivity contribution in [3.63, 3.8) is 0 Å². The van der Waals surface area contributed by atoms with E-state index in [1.165, 1.54) is 0 Å². The molecule has 2 atom stereocenters. The minimum Gasteiger partial charge on any atom is -0.481 e. The Kier molecular flexibility index (Phi) is 5.97. The average Bonchev–Trinajstić information content (AvgIpc) is 2.67. The molecule has 1 fully saturated rings. The van der Waals surface area contributed by atoms with Gasteiger partial charge in [-0.25, -0.2) is 0 Å². The summed E-state index contributed by atoms with van der Waals surface area (Å²) in [6.45, 7) is 1.62. The fraction of sp³-hybridized carbons (Fsp3) is 0.471. The number of anilines is 1. The van der Waals surface area contributed by atoms with Crippen molar-refractivity contribution in [2.45, 2.75) is 25.2 Å². The lowest BCUT2D eigenvalue weighted by molar-refractivity contribution is -0.0488. The van der Waals surface area contributed by atoms with Crippen LogP contribution in [0.1, 0.15) is 12.1 Å². The molecule has 1 aliphatic rings. The van der Waals surface area contributed by atoms with Crippen LogP contribution >= 0.6 is 0 Å². The van der Waals surface area contributed by atoms with Gasteiger partial charge in [-0.3, -0.25) is 4.98 Å². The molecule has 2 aromatic heterocycles. The smallest absolute Gasteiger partial charge is 0.229 e. The van der Waals surface area contributed by atoms with Crippen LogP contribution in [0.15, 0.2) is 30.5 Å². The number of rotatable bonds is 7. The van der Waals surface area contributed by atoms with Crippen LogP contribution in [-0.2, 0) is 16.1 Å². The lowest BCUT2D eigenvalue weighted by Crippen LogP contribution is -2.44. The van der Waals surface area contributed by atoms with Crippen molar-refractivity contribution in [2.75, 3.05) is 32.8 Å². The number of aromatic nitrogens is 3. The van der Waals surface area contributed by atoms with Crippen molar-refractivity contribution >= 4 is 5.95 Å². The van der Waals surface area contributed by atoms with Crippen molar-refractivity contribution < 1.29 is 18.9 Å². The Morgan fingerprint density at radius 1 is 1.20 bits per heavy atom. The second-order valence-corrected chi connectivity index (χ2v) is 5.56. The Morgan fingerprint density at radius 2 is 2.00 bits per heavy atom. The van der Waals surface area contributed by atoms with E-state index in [0.717, 1.165) is 12.1 Å². The fourth-order valence-corrected chi connectivity index (χ4v) is 2.57. The van der Waals surface area contributed by atoms with E-state index in [2.05, 4.69) is 20.3 Å². The predicted octanol–water partition coefficient (Wildman–Crippen LogP) is 1.67. The Hall–Kier alpha value is -2.45. The van der Waals surface area contributed by atoms with Crippen molar-refractivity contribution in [2.24, 2.45) is 0 Å². The Balaban J connectivity index is 1.66. The topological polar surface area (TPSA) is 87.6 Å². The summed E-state index contributed by atoms with van der Waals surface area (Å²) >= 11 is 0. The van der Waals surface area contributed by atoms with E-state index in [0.29, 0.717) is 37.5 Å². The standard InChI is InChI=1S/C17H22N4O4/c1-22-15-9-16(23-2)21-17(20-15)19-13-11-24-8-6-14(13)25-10-12-5-3-4-7-18-12/h3-5,7,9,13-14H,6,8,10-11H2,1-2H3,(H,19,20,21)/t13-,14-/m1/s1. The van der Waals surface area contributed by atoms with Gasteiger partial charge in [0.25, 0.3) is 0 Å². The minimum absolute atomic E-state index is 0.0310. The van der Waals surface area contributed by atoms with Gasteiger partial charge in [-0.05, 0) is 18.6 Å². The molecule has 0 aromatic carbocycles. The summed E-state index contributed by atoms with van der Waals surface area (Å²) in [4.78, 5) is 12.9. The van der Waals surface area contributed by atoms with Gasteiger partial charge in [0.15, 0.2) is 0 Å². The van der Waals surface area contributed by atoms with Crippen LogP contribution in [-0.4, -0.2) is 54.5 Å². The molecule has 134 valence electrons. The number of methoxy groups -OCH3 is 2. The maximum absolute atomic E-state index is 6.04. The molecule has 0 unspecified atom stereocenters. The van der Waals surface area contributed by atoms with Crippen LogP contribution in [0.3, 0.4) is 0 Å². The summed E-state index contributed by atoms with van der Waals surface area (Å²) < 4.78 is 22.0. The summed E-state index contributed by atoms with van der Waals surface area (Å²) in [6.07, 6.45) is 2.51. The van der Waals surface area contributed by atoms with E-state index < -0.39 is 0 Å². The molecule has 0 saturated carbocycles. The second-order valence-electron chi connectivity index (χ2n) is 5.56. The monoisotopic (exact) mass is 346 g/mol. The third-order valence-corrected chi connectivity index (χ3v) is 3.88. The molecule has 0 aliphatic carbocycles. The summed E-state index contributed by atoms with van der Waals surface area (Å²) in [5.41, 5.74) is 0.895. The number of hydrogen-bond acceptors (Lipinski definition) is 8. The van der Waals surface area contributed by atoms with E-state index in [4.69, 9.17) is 18.9 Å². The summed E-state index contributed by atoms with van der Waals surface area (Å²) in [6, 6.07) is 7.32. The third-order valence-electron chi connectivity index (χ3n) is 3.88. The normalized spacial score (nSPS) is 20.1. The quantitative estimate of drug-likeness (QED) is 0.810. The average molecular weight is 346 g/mol. The van der Waals surface area contributed by atoms with Gasteiger partial charge in [0.1, 0.15) is 0 Å². The first-order chi connectivity index (χ1) is 12.3. The summed E-state index contributed by atoms with van der Waals surface area (Å²) in [7, 11) is 3.10. The molecule has 0 radical (unpaired) electrons. The van der Waals surface area contributed by atoms with Crippen LogP contribution in [0.25, 0.3) is 0 Å². The molecule has 1 aliphatic heterocycles. The van der Waals surface area contributed by atoms with Crippen molar-refractivity contribution in [1.29, 1.82) is 0 Å². The molecular weight excluding hydrogens is 324 g/mol. The van der Waals surface area contributed by atoms with Crippen LogP contribution in [0.5, 0.6) is 11.8 Å². The first-order valence-electron chi connectivity index (χ1n) is 8.11. The zero-order valence-electron chi connectivity index (χ0n) is 14.3. The molecule has 2 aromatic rings. The Bertz CT molecular complexity index is 649. The Morgan fingerprint density at radius 3 is 2.68 bits per heavy atom. The lowest BCUT2D eigenvalue weighted by Gasteiger charge is -2.32.